The molecule has 7 nitrogen and oxygen atoms in total. The molecule has 0 saturated carbocycles. The zero-order valence-electron chi connectivity index (χ0n) is 14.4. The van der Waals surface area contributed by atoms with E-state index in [2.05, 4.69) is 4.98 Å². The number of anilines is 1. The second kappa shape index (κ2) is 8.23. The van der Waals surface area contributed by atoms with E-state index in [9.17, 15) is 18.8 Å². The number of amides is 1. The number of carbonyl (C=O) groups excluding carboxylic acids is 1. The summed E-state index contributed by atoms with van der Waals surface area (Å²) in [5.74, 6) is -1.62. The highest BCUT2D eigenvalue weighted by atomic mass is 19.1. The molecule has 2 aromatic rings. The Kier molecular flexibility index (Phi) is 6.03. The molecule has 1 aliphatic rings. The zero-order valence-corrected chi connectivity index (χ0v) is 14.4. The third-order valence-electron chi connectivity index (χ3n) is 4.14. The van der Waals surface area contributed by atoms with Crippen molar-refractivity contribution in [2.45, 2.75) is 19.9 Å². The lowest BCUT2D eigenvalue weighted by molar-refractivity contribution is -0.129. The summed E-state index contributed by atoms with van der Waals surface area (Å²) in [5, 5.41) is 16.3. The lowest BCUT2D eigenvalue weighted by atomic mass is 9.90. The van der Waals surface area contributed by atoms with Crippen molar-refractivity contribution in [2.24, 2.45) is 0 Å². The maximum absolute atomic E-state index is 14.3. The minimum atomic E-state index is -0.792. The number of aromatic nitrogens is 1. The number of pyridine rings is 1. The van der Waals surface area contributed by atoms with Crippen LogP contribution in [0.3, 0.4) is 0 Å². The predicted octanol–water partition coefficient (Wildman–Crippen LogP) is 2.09. The van der Waals surface area contributed by atoms with Gasteiger partial charge in [-0.3, -0.25) is 9.59 Å². The van der Waals surface area contributed by atoms with Gasteiger partial charge in [0.25, 0.3) is 6.47 Å². The Morgan fingerprint density at radius 2 is 2.11 bits per heavy atom. The molecule has 0 saturated heterocycles. The number of nitrogens with two attached hydrogens (primary N) is 1. The van der Waals surface area contributed by atoms with Crippen LogP contribution in [-0.2, 0) is 22.6 Å². The number of rotatable bonds is 1. The second-order valence-electron chi connectivity index (χ2n) is 5.70. The first kappa shape index (κ1) is 19.8. The molecule has 0 bridgehead atoms. The molecule has 3 rings (SSSR count). The molecule has 1 amide bonds. The first-order valence-electron chi connectivity index (χ1n) is 7.84. The van der Waals surface area contributed by atoms with Crippen LogP contribution in [-0.4, -0.2) is 33.9 Å². The number of benzene rings is 1. The van der Waals surface area contributed by atoms with Gasteiger partial charge in [0, 0.05) is 49.2 Å². The van der Waals surface area contributed by atoms with Crippen molar-refractivity contribution in [3.63, 3.8) is 0 Å². The smallest absolute Gasteiger partial charge is 0.290 e. The number of fused-ring (bicyclic) bond motifs is 1. The first-order valence-corrected chi connectivity index (χ1v) is 7.84. The Labute approximate surface area is 153 Å². The van der Waals surface area contributed by atoms with Crippen LogP contribution in [0.4, 0.5) is 14.6 Å². The number of nitrogen functional groups attached to an aromatic ring is 1. The van der Waals surface area contributed by atoms with E-state index in [4.69, 9.17) is 15.6 Å². The highest BCUT2D eigenvalue weighted by Crippen LogP contribution is 2.36. The Hall–Kier alpha value is -3.54. The van der Waals surface area contributed by atoms with Crippen LogP contribution in [0.5, 0.6) is 0 Å². The largest absolute Gasteiger partial charge is 0.483 e. The summed E-state index contributed by atoms with van der Waals surface area (Å²) in [6.07, 6.45) is 0.459. The number of halogens is 2. The van der Waals surface area contributed by atoms with Gasteiger partial charge in [0.2, 0.25) is 5.91 Å². The Morgan fingerprint density at radius 1 is 1.44 bits per heavy atom. The molecule has 0 radical (unpaired) electrons. The van der Waals surface area contributed by atoms with E-state index in [-0.39, 0.29) is 41.4 Å². The van der Waals surface area contributed by atoms with Gasteiger partial charge in [-0.2, -0.15) is 5.26 Å². The molecule has 1 aliphatic heterocycles. The van der Waals surface area contributed by atoms with Gasteiger partial charge in [0.05, 0.1) is 5.69 Å². The van der Waals surface area contributed by atoms with Gasteiger partial charge in [-0.15, -0.1) is 0 Å². The van der Waals surface area contributed by atoms with Gasteiger partial charge in [0.1, 0.15) is 29.1 Å². The average Bonchev–Trinajstić information content (AvgIpc) is 2.61. The number of hydrogen-bond donors (Lipinski definition) is 2. The molecular formula is C18H16F2N4O3. The monoisotopic (exact) mass is 374 g/mol. The molecule has 27 heavy (non-hydrogen) atoms. The summed E-state index contributed by atoms with van der Waals surface area (Å²) in [6, 6.07) is 5.09. The topological polar surface area (TPSA) is 120 Å². The summed E-state index contributed by atoms with van der Waals surface area (Å²) < 4.78 is 27.6. The molecule has 0 aliphatic carbocycles. The van der Waals surface area contributed by atoms with Crippen LogP contribution < -0.4 is 5.73 Å². The molecular weight excluding hydrogens is 358 g/mol. The minimum absolute atomic E-state index is 0.00579. The minimum Gasteiger partial charge on any atom is -0.483 e. The van der Waals surface area contributed by atoms with Gasteiger partial charge < -0.3 is 15.7 Å². The fraction of sp³-hybridized carbons (Fsp3) is 0.222. The Balaban J connectivity index is 0.000000817. The number of carbonyl (C=O) groups is 2. The lowest BCUT2D eigenvalue weighted by Crippen LogP contribution is -2.35. The second-order valence-corrected chi connectivity index (χ2v) is 5.70. The van der Waals surface area contributed by atoms with Crippen LogP contribution in [0.1, 0.15) is 23.7 Å². The maximum Gasteiger partial charge on any atom is 0.290 e. The quantitative estimate of drug-likeness (QED) is 0.738. The van der Waals surface area contributed by atoms with E-state index < -0.39 is 11.6 Å². The van der Waals surface area contributed by atoms with E-state index in [1.165, 1.54) is 13.0 Å². The summed E-state index contributed by atoms with van der Waals surface area (Å²) in [5.41, 5.74) is 7.45. The normalized spacial score (nSPS) is 12.3. The summed E-state index contributed by atoms with van der Waals surface area (Å²) in [7, 11) is 0. The standard InChI is InChI=1S/C17H14F2N4O.CH2O2/c1-9(24)23-5-4-15-13(8-23)16(12(7-20)17(21)22-15)11-3-2-10(18)6-14(11)19;2-1-3/h2-3,6H,4-5,8H2,1H3,(H2,21,22);1H,(H,2,3). The van der Waals surface area contributed by atoms with Crippen molar-refractivity contribution in [3.05, 3.63) is 46.7 Å². The molecule has 3 N–H and O–H groups in total. The van der Waals surface area contributed by atoms with Crippen molar-refractivity contribution in [1.29, 1.82) is 5.26 Å². The molecule has 0 spiro atoms. The van der Waals surface area contributed by atoms with Crippen LogP contribution in [0.2, 0.25) is 0 Å². The molecule has 1 aromatic heterocycles. The maximum atomic E-state index is 14.3. The van der Waals surface area contributed by atoms with Crippen LogP contribution >= 0.6 is 0 Å². The van der Waals surface area contributed by atoms with E-state index >= 15 is 0 Å². The van der Waals surface area contributed by atoms with E-state index in [1.54, 1.807) is 4.90 Å². The molecule has 0 unspecified atom stereocenters. The first-order chi connectivity index (χ1) is 12.8. The summed E-state index contributed by atoms with van der Waals surface area (Å²) in [4.78, 5) is 25.9. The number of hydrogen-bond acceptors (Lipinski definition) is 5. The van der Waals surface area contributed by atoms with Crippen molar-refractivity contribution in [1.82, 2.24) is 9.88 Å². The fourth-order valence-electron chi connectivity index (χ4n) is 2.95. The summed E-state index contributed by atoms with van der Waals surface area (Å²) >= 11 is 0. The number of nitriles is 1. The predicted molar refractivity (Wildman–Crippen MR) is 92.2 cm³/mol. The molecule has 1 aromatic carbocycles. The average molecular weight is 374 g/mol. The van der Waals surface area contributed by atoms with Crippen molar-refractivity contribution < 1.29 is 23.5 Å². The molecule has 2 heterocycles. The van der Waals surface area contributed by atoms with E-state index in [0.29, 0.717) is 24.2 Å². The van der Waals surface area contributed by atoms with Gasteiger partial charge in [0.15, 0.2) is 0 Å². The SMILES string of the molecule is CC(=O)N1CCc2nc(N)c(C#N)c(-c3ccc(F)cc3F)c2C1.O=CO. The van der Waals surface area contributed by atoms with Crippen LogP contribution in [0, 0.1) is 23.0 Å². The summed E-state index contributed by atoms with van der Waals surface area (Å²) in [6.45, 7) is 1.88. The molecule has 0 atom stereocenters. The van der Waals surface area contributed by atoms with Crippen molar-refractivity contribution in [2.75, 3.05) is 12.3 Å². The highest BCUT2D eigenvalue weighted by Gasteiger charge is 2.27. The third-order valence-corrected chi connectivity index (χ3v) is 4.14. The molecule has 140 valence electrons. The molecule has 9 heteroatoms. The fourth-order valence-corrected chi connectivity index (χ4v) is 2.95. The van der Waals surface area contributed by atoms with Gasteiger partial charge in [-0.05, 0) is 12.1 Å². The van der Waals surface area contributed by atoms with Gasteiger partial charge >= 0.3 is 0 Å². The Bertz CT molecular complexity index is 941. The van der Waals surface area contributed by atoms with Crippen LogP contribution in [0.15, 0.2) is 18.2 Å². The Morgan fingerprint density at radius 3 is 2.67 bits per heavy atom. The highest BCUT2D eigenvalue weighted by molar-refractivity contribution is 5.81. The number of nitrogens with zero attached hydrogens (tertiary/aromatic N) is 3. The third kappa shape index (κ3) is 4.00. The van der Waals surface area contributed by atoms with Crippen LogP contribution in [0.25, 0.3) is 11.1 Å². The van der Waals surface area contributed by atoms with Crippen molar-refractivity contribution >= 4 is 18.2 Å². The number of carboxylic acid groups (broad SMARTS) is 1. The molecule has 0 fully saturated rings. The van der Waals surface area contributed by atoms with E-state index in [1.807, 2.05) is 6.07 Å². The van der Waals surface area contributed by atoms with Crippen molar-refractivity contribution in [3.8, 4) is 17.2 Å². The lowest BCUT2D eigenvalue weighted by Gasteiger charge is -2.29. The van der Waals surface area contributed by atoms with E-state index in [0.717, 1.165) is 12.1 Å². The van der Waals surface area contributed by atoms with Gasteiger partial charge in [-0.25, -0.2) is 13.8 Å². The van der Waals surface area contributed by atoms with Gasteiger partial charge in [-0.1, -0.05) is 0 Å². The zero-order chi connectivity index (χ0) is 20.1.